The van der Waals surface area contributed by atoms with Crippen LogP contribution >= 0.6 is 0 Å². The maximum Gasteiger partial charge on any atom is 0.408 e. The number of rotatable bonds is 6. The molecule has 0 aliphatic carbocycles. The Morgan fingerprint density at radius 3 is 2.31 bits per heavy atom. The normalized spacial score (nSPS) is 11.5. The predicted octanol–water partition coefficient (Wildman–Crippen LogP) is 4.44. The maximum atomic E-state index is 13.6. The molecule has 7 heteroatoms. The van der Waals surface area contributed by atoms with Gasteiger partial charge in [-0.3, -0.25) is 14.5 Å². The molecule has 36 heavy (non-hydrogen) atoms. The van der Waals surface area contributed by atoms with Crippen LogP contribution in [0.15, 0.2) is 66.7 Å². The molecule has 182 valence electrons. The molecule has 0 aromatic heterocycles. The molecule has 0 bridgehead atoms. The van der Waals surface area contributed by atoms with E-state index in [1.54, 1.807) is 51.1 Å². The number of hydrogen-bond donors (Lipinski definition) is 2. The molecule has 1 unspecified atom stereocenters. The highest BCUT2D eigenvalue weighted by Crippen LogP contribution is 2.27. The van der Waals surface area contributed by atoms with E-state index in [4.69, 9.17) is 17.6 Å². The third-order valence-electron chi connectivity index (χ3n) is 5.13. The second-order valence-corrected chi connectivity index (χ2v) is 8.93. The number of benzene rings is 3. The molecule has 0 saturated heterocycles. The highest BCUT2D eigenvalue weighted by atomic mass is 16.6. The first-order valence-electron chi connectivity index (χ1n) is 11.2. The summed E-state index contributed by atoms with van der Waals surface area (Å²) in [6.07, 6.45) is 10.6. The lowest BCUT2D eigenvalue weighted by molar-refractivity contribution is -0.134. The van der Waals surface area contributed by atoms with Crippen molar-refractivity contribution in [2.24, 2.45) is 0 Å². The van der Waals surface area contributed by atoms with Crippen molar-refractivity contribution in [2.45, 2.75) is 32.4 Å². The van der Waals surface area contributed by atoms with Crippen LogP contribution in [0.25, 0.3) is 10.8 Å². The topological polar surface area (TPSA) is 87.7 Å². The molecule has 0 radical (unpaired) electrons. The molecule has 3 aromatic rings. The average molecular weight is 482 g/mol. The van der Waals surface area contributed by atoms with Gasteiger partial charge in [0, 0.05) is 22.9 Å². The van der Waals surface area contributed by atoms with E-state index in [1.165, 1.54) is 0 Å². The average Bonchev–Trinajstić information content (AvgIpc) is 2.84. The van der Waals surface area contributed by atoms with Crippen LogP contribution in [-0.2, 0) is 14.3 Å². The summed E-state index contributed by atoms with van der Waals surface area (Å²) >= 11 is 0. The summed E-state index contributed by atoms with van der Waals surface area (Å²) < 4.78 is 5.17. The first-order chi connectivity index (χ1) is 17.1. The number of anilines is 1. The second kappa shape index (κ2) is 11.1. The van der Waals surface area contributed by atoms with Crippen molar-refractivity contribution in [3.8, 4) is 24.8 Å². The van der Waals surface area contributed by atoms with Crippen LogP contribution in [-0.4, -0.2) is 35.0 Å². The van der Waals surface area contributed by atoms with E-state index in [0.717, 1.165) is 15.7 Å². The Morgan fingerprint density at radius 2 is 1.64 bits per heavy atom. The fraction of sp³-hybridized carbons (Fsp3) is 0.207. The molecule has 3 aromatic carbocycles. The van der Waals surface area contributed by atoms with Crippen LogP contribution in [0.2, 0.25) is 0 Å². The Morgan fingerprint density at radius 1 is 0.972 bits per heavy atom. The number of carbonyl (C=O) groups is 3. The van der Waals surface area contributed by atoms with Crippen molar-refractivity contribution in [1.29, 1.82) is 0 Å². The van der Waals surface area contributed by atoms with Gasteiger partial charge in [0.2, 0.25) is 0 Å². The summed E-state index contributed by atoms with van der Waals surface area (Å²) in [6.45, 7) is 4.63. The zero-order valence-electron chi connectivity index (χ0n) is 20.4. The highest BCUT2D eigenvalue weighted by molar-refractivity contribution is 6.00. The first kappa shape index (κ1) is 25.9. The van der Waals surface area contributed by atoms with E-state index in [-0.39, 0.29) is 0 Å². The number of amides is 3. The molecular formula is C29H27N3O4. The van der Waals surface area contributed by atoms with Crippen molar-refractivity contribution < 1.29 is 19.1 Å². The van der Waals surface area contributed by atoms with Crippen LogP contribution in [0, 0.1) is 24.8 Å². The zero-order chi connectivity index (χ0) is 26.3. The molecule has 0 aliphatic rings. The third kappa shape index (κ3) is 6.43. The van der Waals surface area contributed by atoms with Crippen molar-refractivity contribution in [3.05, 3.63) is 77.9 Å². The van der Waals surface area contributed by atoms with E-state index in [2.05, 4.69) is 22.6 Å². The molecular weight excluding hydrogens is 454 g/mol. The Kier molecular flexibility index (Phi) is 7.99. The largest absolute Gasteiger partial charge is 0.444 e. The van der Waals surface area contributed by atoms with Crippen LogP contribution in [0.4, 0.5) is 10.5 Å². The first-order valence-corrected chi connectivity index (χ1v) is 11.2. The number of nitrogens with one attached hydrogen (secondary N) is 2. The lowest BCUT2D eigenvalue weighted by Crippen LogP contribution is -2.44. The number of terminal acetylenes is 2. The van der Waals surface area contributed by atoms with Crippen LogP contribution < -0.4 is 10.6 Å². The van der Waals surface area contributed by atoms with Gasteiger partial charge < -0.3 is 15.4 Å². The van der Waals surface area contributed by atoms with Gasteiger partial charge >= 0.3 is 6.09 Å². The van der Waals surface area contributed by atoms with Crippen molar-refractivity contribution in [1.82, 2.24) is 10.2 Å². The number of nitrogens with zero attached hydrogens (tertiary/aromatic N) is 1. The van der Waals surface area contributed by atoms with Crippen molar-refractivity contribution in [2.75, 3.05) is 11.9 Å². The summed E-state index contributed by atoms with van der Waals surface area (Å²) in [5.74, 6) is 1.29. The summed E-state index contributed by atoms with van der Waals surface area (Å²) in [5, 5.41) is 7.16. The summed E-state index contributed by atoms with van der Waals surface area (Å²) in [5.41, 5.74) is 0.566. The smallest absolute Gasteiger partial charge is 0.408 e. The van der Waals surface area contributed by atoms with Crippen LogP contribution in [0.1, 0.15) is 37.9 Å². The monoisotopic (exact) mass is 481 g/mol. The molecule has 0 aliphatic heterocycles. The van der Waals surface area contributed by atoms with Gasteiger partial charge in [-0.2, -0.15) is 0 Å². The van der Waals surface area contributed by atoms with Gasteiger partial charge in [-0.05, 0) is 49.7 Å². The molecule has 0 fully saturated rings. The minimum Gasteiger partial charge on any atom is -0.444 e. The van der Waals surface area contributed by atoms with E-state index in [9.17, 15) is 14.4 Å². The molecule has 3 rings (SSSR count). The molecule has 2 N–H and O–H groups in total. The number of hydrogen-bond acceptors (Lipinski definition) is 4. The fourth-order valence-corrected chi connectivity index (χ4v) is 3.58. The van der Waals surface area contributed by atoms with Gasteiger partial charge in [-0.1, -0.05) is 60.9 Å². The number of carbonyl (C=O) groups excluding carboxylic acids is 3. The van der Waals surface area contributed by atoms with Gasteiger partial charge in [-0.25, -0.2) is 4.79 Å². The Hall–Kier alpha value is -4.75. The van der Waals surface area contributed by atoms with E-state index in [1.807, 2.05) is 36.4 Å². The van der Waals surface area contributed by atoms with Gasteiger partial charge in [0.1, 0.15) is 12.1 Å². The minimum atomic E-state index is -1.25. The van der Waals surface area contributed by atoms with Crippen molar-refractivity contribution in [3.63, 3.8) is 0 Å². The Labute approximate surface area is 210 Å². The minimum absolute atomic E-state index is 0.377. The Balaban J connectivity index is 1.91. The molecule has 0 heterocycles. The SMILES string of the molecule is C#Cc1ccccc1C(C(=O)Nc1ccc2ccccc2c1)N(C#C)C(=O)CNC(=O)OC(C)(C)C. The van der Waals surface area contributed by atoms with Gasteiger partial charge in [-0.15, -0.1) is 6.42 Å². The quantitative estimate of drug-likeness (QED) is 0.402. The van der Waals surface area contributed by atoms with Crippen LogP contribution in [0.5, 0.6) is 0 Å². The van der Waals surface area contributed by atoms with E-state index in [0.29, 0.717) is 16.8 Å². The van der Waals surface area contributed by atoms with Crippen LogP contribution in [0.3, 0.4) is 0 Å². The zero-order valence-corrected chi connectivity index (χ0v) is 20.4. The van der Waals surface area contributed by atoms with Gasteiger partial charge in [0.15, 0.2) is 6.04 Å². The second-order valence-electron chi connectivity index (χ2n) is 8.93. The third-order valence-corrected chi connectivity index (χ3v) is 5.13. The molecule has 7 nitrogen and oxygen atoms in total. The van der Waals surface area contributed by atoms with Crippen molar-refractivity contribution >= 4 is 34.4 Å². The predicted molar refractivity (Wildman–Crippen MR) is 140 cm³/mol. The molecule has 0 spiro atoms. The highest BCUT2D eigenvalue weighted by Gasteiger charge is 2.32. The standard InChI is InChI=1S/C29H27N3O4/c1-6-20-12-10-11-15-24(20)26(32(7-2)25(33)19-30-28(35)36-29(3,4)5)27(34)31-23-17-16-21-13-8-9-14-22(21)18-23/h1-2,8-18,26H,19H2,3-5H3,(H,30,35)(H,31,34). The molecule has 3 amide bonds. The molecule has 1 atom stereocenters. The maximum absolute atomic E-state index is 13.6. The van der Waals surface area contributed by atoms with E-state index < -0.39 is 36.1 Å². The van der Waals surface area contributed by atoms with Gasteiger partial charge in [0.05, 0.1) is 0 Å². The van der Waals surface area contributed by atoms with Gasteiger partial charge in [0.25, 0.3) is 11.8 Å². The fourth-order valence-electron chi connectivity index (χ4n) is 3.58. The lowest BCUT2D eigenvalue weighted by atomic mass is 9.98. The Bertz CT molecular complexity index is 1380. The lowest BCUT2D eigenvalue weighted by Gasteiger charge is -2.27. The summed E-state index contributed by atoms with van der Waals surface area (Å²) in [7, 11) is 0. The number of alkyl carbamates (subject to hydrolysis) is 1. The number of fused-ring (bicyclic) bond motifs is 1. The van der Waals surface area contributed by atoms with E-state index >= 15 is 0 Å². The molecule has 0 saturated carbocycles. The summed E-state index contributed by atoms with van der Waals surface area (Å²) in [6, 6.07) is 20.9. The number of ether oxygens (including phenoxy) is 1. The summed E-state index contributed by atoms with van der Waals surface area (Å²) in [4.78, 5) is 39.6.